The molecule has 2 N–H and O–H groups in total. The molecule has 7 nitrogen and oxygen atoms in total. The molecule has 0 radical (unpaired) electrons. The summed E-state index contributed by atoms with van der Waals surface area (Å²) in [4.78, 5) is 31.1. The lowest BCUT2D eigenvalue weighted by Gasteiger charge is -2.25. The van der Waals surface area contributed by atoms with Gasteiger partial charge in [0.05, 0.1) is 24.1 Å². The van der Waals surface area contributed by atoms with E-state index in [9.17, 15) is 9.59 Å². The van der Waals surface area contributed by atoms with Gasteiger partial charge in [0.15, 0.2) is 5.13 Å². The smallest absolute Gasteiger partial charge is 0.317 e. The third kappa shape index (κ3) is 3.42. The maximum absolute atomic E-state index is 12.0. The van der Waals surface area contributed by atoms with Gasteiger partial charge in [-0.1, -0.05) is 17.4 Å². The average Bonchev–Trinajstić information content (AvgIpc) is 3.20. The average molecular weight is 332 g/mol. The van der Waals surface area contributed by atoms with E-state index < -0.39 is 0 Å². The Bertz CT molecular complexity index is 723. The van der Waals surface area contributed by atoms with Gasteiger partial charge in [0.25, 0.3) is 5.91 Å². The molecule has 0 atom stereocenters. The van der Waals surface area contributed by atoms with Crippen LogP contribution in [0.25, 0.3) is 0 Å². The van der Waals surface area contributed by atoms with Crippen molar-refractivity contribution in [3.63, 3.8) is 0 Å². The van der Waals surface area contributed by atoms with E-state index in [-0.39, 0.29) is 11.9 Å². The second-order valence-corrected chi connectivity index (χ2v) is 6.08. The predicted octanol–water partition coefficient (Wildman–Crippen LogP) is 2.24. The van der Waals surface area contributed by atoms with Crippen LogP contribution in [0.15, 0.2) is 35.7 Å². The van der Waals surface area contributed by atoms with Crippen LogP contribution >= 0.6 is 11.3 Å². The summed E-state index contributed by atoms with van der Waals surface area (Å²) in [7, 11) is 0. The maximum Gasteiger partial charge on any atom is 0.317 e. The molecule has 8 heteroatoms. The number of anilines is 1. The highest BCUT2D eigenvalue weighted by Gasteiger charge is 2.24. The Hall–Kier alpha value is -2.61. The highest BCUT2D eigenvalue weighted by atomic mass is 32.1. The van der Waals surface area contributed by atoms with Crippen molar-refractivity contribution in [1.29, 1.82) is 0 Å². The van der Waals surface area contributed by atoms with Gasteiger partial charge in [0.1, 0.15) is 6.26 Å². The molecule has 1 aliphatic heterocycles. The summed E-state index contributed by atoms with van der Waals surface area (Å²) in [5, 5.41) is 6.06. The van der Waals surface area contributed by atoms with Gasteiger partial charge in [-0.3, -0.25) is 10.1 Å². The van der Waals surface area contributed by atoms with Crippen molar-refractivity contribution in [2.24, 2.45) is 0 Å². The Morgan fingerprint density at radius 3 is 3.13 bits per heavy atom. The first-order valence-electron chi connectivity index (χ1n) is 7.13. The number of amides is 3. The summed E-state index contributed by atoms with van der Waals surface area (Å²) < 4.78 is 4.89. The van der Waals surface area contributed by atoms with Crippen LogP contribution in [0.4, 0.5) is 9.93 Å². The van der Waals surface area contributed by atoms with Gasteiger partial charge in [0, 0.05) is 24.4 Å². The van der Waals surface area contributed by atoms with E-state index >= 15 is 0 Å². The van der Waals surface area contributed by atoms with Crippen LogP contribution in [0, 0.1) is 0 Å². The van der Waals surface area contributed by atoms with Crippen LogP contribution in [0.3, 0.4) is 0 Å². The van der Waals surface area contributed by atoms with Crippen molar-refractivity contribution in [2.75, 3.05) is 18.4 Å². The van der Waals surface area contributed by atoms with Crippen molar-refractivity contribution in [2.45, 2.75) is 13.0 Å². The molecule has 0 spiro atoms. The van der Waals surface area contributed by atoms with Crippen LogP contribution in [0.1, 0.15) is 20.9 Å². The number of nitrogens with one attached hydrogen (secondary N) is 2. The van der Waals surface area contributed by atoms with Crippen molar-refractivity contribution in [1.82, 2.24) is 15.2 Å². The van der Waals surface area contributed by atoms with Gasteiger partial charge in [-0.05, 0) is 6.07 Å². The van der Waals surface area contributed by atoms with Crippen LogP contribution in [-0.4, -0.2) is 34.9 Å². The number of rotatable bonds is 4. The summed E-state index contributed by atoms with van der Waals surface area (Å²) >= 11 is 1.39. The molecule has 2 aromatic rings. The fourth-order valence-corrected chi connectivity index (χ4v) is 3.28. The summed E-state index contributed by atoms with van der Waals surface area (Å²) in [6.45, 7) is 5.12. The molecule has 2 aromatic heterocycles. The molecule has 3 rings (SSSR count). The molecule has 120 valence electrons. The van der Waals surface area contributed by atoms with Gasteiger partial charge >= 0.3 is 6.03 Å². The van der Waals surface area contributed by atoms with Gasteiger partial charge in [-0.15, -0.1) is 6.58 Å². The number of fused-ring (bicyclic) bond motifs is 1. The highest BCUT2D eigenvalue weighted by Crippen LogP contribution is 2.28. The van der Waals surface area contributed by atoms with Gasteiger partial charge < -0.3 is 14.6 Å². The normalized spacial score (nSPS) is 13.3. The zero-order valence-corrected chi connectivity index (χ0v) is 13.2. The number of carbonyl (C=O) groups is 2. The zero-order valence-electron chi connectivity index (χ0n) is 12.4. The number of thiazole rings is 1. The number of furan rings is 1. The fraction of sp³-hybridized carbons (Fsp3) is 0.267. The Morgan fingerprint density at radius 1 is 1.52 bits per heavy atom. The maximum atomic E-state index is 12.0. The van der Waals surface area contributed by atoms with Gasteiger partial charge in [0.2, 0.25) is 0 Å². The summed E-state index contributed by atoms with van der Waals surface area (Å²) in [5.41, 5.74) is 1.38. The minimum absolute atomic E-state index is 0.118. The quantitative estimate of drug-likeness (QED) is 0.841. The molecule has 0 aliphatic carbocycles. The Balaban J connectivity index is 1.65. The third-order valence-corrected chi connectivity index (χ3v) is 4.42. The minimum Gasteiger partial charge on any atom is -0.472 e. The van der Waals surface area contributed by atoms with Crippen molar-refractivity contribution >= 4 is 28.4 Å². The molecule has 3 amide bonds. The lowest BCUT2D eigenvalue weighted by Crippen LogP contribution is -2.42. The van der Waals surface area contributed by atoms with Crippen LogP contribution in [0.5, 0.6) is 0 Å². The Morgan fingerprint density at radius 2 is 2.39 bits per heavy atom. The molecule has 0 fully saturated rings. The fourth-order valence-electron chi connectivity index (χ4n) is 2.26. The third-order valence-electron chi connectivity index (χ3n) is 3.42. The lowest BCUT2D eigenvalue weighted by atomic mass is 10.2. The van der Waals surface area contributed by atoms with E-state index in [4.69, 9.17) is 4.42 Å². The first-order valence-corrected chi connectivity index (χ1v) is 7.95. The first-order chi connectivity index (χ1) is 11.2. The Kier molecular flexibility index (Phi) is 4.42. The monoisotopic (exact) mass is 332 g/mol. The number of aromatic nitrogens is 1. The molecular weight excluding hydrogens is 316 g/mol. The molecule has 3 heterocycles. The molecular formula is C15H16N4O3S. The van der Waals surface area contributed by atoms with Crippen LogP contribution in [-0.2, 0) is 13.0 Å². The summed E-state index contributed by atoms with van der Waals surface area (Å²) in [5.74, 6) is -0.259. The molecule has 0 aromatic carbocycles. The van der Waals surface area contributed by atoms with E-state index in [1.165, 1.54) is 23.9 Å². The summed E-state index contributed by atoms with van der Waals surface area (Å²) in [6, 6.07) is 1.47. The molecule has 0 saturated carbocycles. The zero-order chi connectivity index (χ0) is 16.2. The predicted molar refractivity (Wildman–Crippen MR) is 86.5 cm³/mol. The van der Waals surface area contributed by atoms with Crippen molar-refractivity contribution < 1.29 is 14.0 Å². The SMILES string of the molecule is C=CCNC(=O)N1CCc2nc(NC(=O)c3ccoc3)sc2C1. The molecule has 23 heavy (non-hydrogen) atoms. The topological polar surface area (TPSA) is 87.5 Å². The van der Waals surface area contributed by atoms with Gasteiger partial charge in [-0.2, -0.15) is 0 Å². The van der Waals surface area contributed by atoms with E-state index in [0.717, 1.165) is 10.6 Å². The summed E-state index contributed by atoms with van der Waals surface area (Å²) in [6.07, 6.45) is 5.15. The Labute approximate surface area is 137 Å². The standard InChI is InChI=1S/C15H16N4O3S/c1-2-5-16-15(21)19-6-3-11-12(8-19)23-14(17-11)18-13(20)10-4-7-22-9-10/h2,4,7,9H,1,3,5-6,8H2,(H,16,21)(H,17,18,20). The van der Waals surface area contributed by atoms with E-state index in [1.807, 2.05) is 0 Å². The van der Waals surface area contributed by atoms with Crippen LogP contribution in [0.2, 0.25) is 0 Å². The van der Waals surface area contributed by atoms with Crippen LogP contribution < -0.4 is 10.6 Å². The molecule has 0 bridgehead atoms. The van der Waals surface area contributed by atoms with Gasteiger partial charge in [-0.25, -0.2) is 9.78 Å². The minimum atomic E-state index is -0.259. The van der Waals surface area contributed by atoms with E-state index in [0.29, 0.717) is 36.8 Å². The second kappa shape index (κ2) is 6.66. The van der Waals surface area contributed by atoms with Crippen molar-refractivity contribution in [3.05, 3.63) is 47.4 Å². The number of nitrogens with zero attached hydrogens (tertiary/aromatic N) is 2. The number of hydrogen-bond acceptors (Lipinski definition) is 5. The molecule has 0 unspecified atom stereocenters. The van der Waals surface area contributed by atoms with E-state index in [2.05, 4.69) is 22.2 Å². The number of hydrogen-bond donors (Lipinski definition) is 2. The first kappa shape index (κ1) is 15.3. The highest BCUT2D eigenvalue weighted by molar-refractivity contribution is 7.15. The number of urea groups is 1. The largest absolute Gasteiger partial charge is 0.472 e. The molecule has 1 aliphatic rings. The van der Waals surface area contributed by atoms with E-state index in [1.54, 1.807) is 17.0 Å². The van der Waals surface area contributed by atoms with Crippen molar-refractivity contribution in [3.8, 4) is 0 Å². The number of carbonyl (C=O) groups excluding carboxylic acids is 2. The molecule has 0 saturated heterocycles. The second-order valence-electron chi connectivity index (χ2n) is 5.00. The lowest BCUT2D eigenvalue weighted by molar-refractivity contribution is 0.102.